The summed E-state index contributed by atoms with van der Waals surface area (Å²) in [6.07, 6.45) is 2.61. The summed E-state index contributed by atoms with van der Waals surface area (Å²) < 4.78 is 1.21. The van der Waals surface area contributed by atoms with Crippen molar-refractivity contribution in [2.75, 3.05) is 19.6 Å². The first-order chi connectivity index (χ1) is 7.72. The Kier molecular flexibility index (Phi) is 4.41. The lowest BCUT2D eigenvalue weighted by Gasteiger charge is -2.36. The van der Waals surface area contributed by atoms with Crippen molar-refractivity contribution in [3.63, 3.8) is 0 Å². The van der Waals surface area contributed by atoms with Crippen molar-refractivity contribution in [1.29, 1.82) is 0 Å². The minimum absolute atomic E-state index is 0.405. The molecule has 2 N–H and O–H groups in total. The van der Waals surface area contributed by atoms with Crippen molar-refractivity contribution in [3.05, 3.63) is 20.8 Å². The van der Waals surface area contributed by atoms with E-state index in [0.717, 1.165) is 5.92 Å². The van der Waals surface area contributed by atoms with Gasteiger partial charge in [-0.2, -0.15) is 0 Å². The third-order valence-electron chi connectivity index (χ3n) is 3.43. The van der Waals surface area contributed by atoms with Gasteiger partial charge in [-0.05, 0) is 59.2 Å². The quantitative estimate of drug-likeness (QED) is 0.929. The Balaban J connectivity index is 2.08. The normalized spacial score (nSPS) is 21.2. The van der Waals surface area contributed by atoms with E-state index in [1.807, 2.05) is 11.3 Å². The van der Waals surface area contributed by atoms with E-state index in [1.165, 1.54) is 35.3 Å². The molecule has 0 aromatic carbocycles. The van der Waals surface area contributed by atoms with Crippen LogP contribution < -0.4 is 5.73 Å². The summed E-state index contributed by atoms with van der Waals surface area (Å²) in [6.45, 7) is 5.43. The minimum atomic E-state index is 0.405. The van der Waals surface area contributed by atoms with Crippen LogP contribution in [0, 0.1) is 5.92 Å². The van der Waals surface area contributed by atoms with Gasteiger partial charge in [0.15, 0.2) is 0 Å². The van der Waals surface area contributed by atoms with E-state index in [4.69, 9.17) is 5.73 Å². The SMILES string of the molecule is CC1CCN(C(CN)c2sccc2Br)CC1. The van der Waals surface area contributed by atoms with Crippen molar-refractivity contribution in [1.82, 2.24) is 4.90 Å². The molecule has 1 saturated heterocycles. The van der Waals surface area contributed by atoms with Crippen molar-refractivity contribution in [2.24, 2.45) is 11.7 Å². The van der Waals surface area contributed by atoms with Crippen molar-refractivity contribution in [2.45, 2.75) is 25.8 Å². The number of hydrogen-bond acceptors (Lipinski definition) is 3. The van der Waals surface area contributed by atoms with Gasteiger partial charge in [0.05, 0.1) is 6.04 Å². The third-order valence-corrected chi connectivity index (χ3v) is 5.40. The molecule has 1 unspecified atom stereocenters. The molecule has 2 nitrogen and oxygen atoms in total. The zero-order valence-corrected chi connectivity index (χ0v) is 12.1. The van der Waals surface area contributed by atoms with Crippen molar-refractivity contribution in [3.8, 4) is 0 Å². The predicted molar refractivity (Wildman–Crippen MR) is 73.8 cm³/mol. The molecular weight excluding hydrogens is 284 g/mol. The zero-order valence-electron chi connectivity index (χ0n) is 9.66. The Morgan fingerprint density at radius 3 is 2.75 bits per heavy atom. The Bertz CT molecular complexity index is 332. The van der Waals surface area contributed by atoms with E-state index in [9.17, 15) is 0 Å². The molecule has 16 heavy (non-hydrogen) atoms. The Hall–Kier alpha value is 0.100. The first-order valence-corrected chi connectivity index (χ1v) is 7.56. The first kappa shape index (κ1) is 12.6. The molecule has 1 aromatic rings. The maximum absolute atomic E-state index is 5.94. The van der Waals surface area contributed by atoms with Crippen molar-refractivity contribution < 1.29 is 0 Å². The molecule has 1 atom stereocenters. The fraction of sp³-hybridized carbons (Fsp3) is 0.667. The monoisotopic (exact) mass is 302 g/mol. The standard InChI is InChI=1S/C12H19BrN2S/c1-9-2-5-15(6-3-9)11(8-14)12-10(13)4-7-16-12/h4,7,9,11H,2-3,5-6,8,14H2,1H3. The van der Waals surface area contributed by atoms with Crippen LogP contribution in [0.3, 0.4) is 0 Å². The first-order valence-electron chi connectivity index (χ1n) is 5.89. The average Bonchev–Trinajstić information content (AvgIpc) is 2.69. The molecule has 2 rings (SSSR count). The lowest BCUT2D eigenvalue weighted by atomic mass is 9.97. The molecule has 0 saturated carbocycles. The molecule has 90 valence electrons. The van der Waals surface area contributed by atoms with E-state index in [0.29, 0.717) is 12.6 Å². The van der Waals surface area contributed by atoms with Gasteiger partial charge in [0.1, 0.15) is 0 Å². The van der Waals surface area contributed by atoms with Gasteiger partial charge in [-0.3, -0.25) is 4.90 Å². The molecule has 2 heterocycles. The molecule has 0 aliphatic carbocycles. The number of hydrogen-bond donors (Lipinski definition) is 1. The number of halogens is 1. The van der Waals surface area contributed by atoms with E-state index in [2.05, 4.69) is 39.2 Å². The van der Waals surface area contributed by atoms with E-state index in [-0.39, 0.29) is 0 Å². The zero-order chi connectivity index (χ0) is 11.5. The molecular formula is C12H19BrN2S. The molecule has 1 fully saturated rings. The summed E-state index contributed by atoms with van der Waals surface area (Å²) in [5.41, 5.74) is 5.94. The second kappa shape index (κ2) is 5.63. The van der Waals surface area contributed by atoms with Gasteiger partial charge in [0, 0.05) is 15.9 Å². The lowest BCUT2D eigenvalue weighted by Crippen LogP contribution is -2.39. The van der Waals surface area contributed by atoms with Crippen LogP contribution in [0.4, 0.5) is 0 Å². The van der Waals surface area contributed by atoms with Crippen molar-refractivity contribution >= 4 is 27.3 Å². The summed E-state index contributed by atoms with van der Waals surface area (Å²) in [6, 6.07) is 2.52. The second-order valence-electron chi connectivity index (χ2n) is 4.60. The molecule has 0 spiro atoms. The number of thiophene rings is 1. The minimum Gasteiger partial charge on any atom is -0.329 e. The summed E-state index contributed by atoms with van der Waals surface area (Å²) in [4.78, 5) is 3.92. The van der Waals surface area contributed by atoms with Gasteiger partial charge in [-0.1, -0.05) is 6.92 Å². The van der Waals surface area contributed by atoms with Crippen LogP contribution in [0.5, 0.6) is 0 Å². The Morgan fingerprint density at radius 1 is 1.56 bits per heavy atom. The van der Waals surface area contributed by atoms with Crippen LogP contribution in [-0.2, 0) is 0 Å². The highest BCUT2D eigenvalue weighted by atomic mass is 79.9. The summed E-state index contributed by atoms with van der Waals surface area (Å²) >= 11 is 5.42. The van der Waals surface area contributed by atoms with E-state index >= 15 is 0 Å². The topological polar surface area (TPSA) is 29.3 Å². The predicted octanol–water partition coefficient (Wildman–Crippen LogP) is 3.24. The molecule has 1 aliphatic heterocycles. The van der Waals surface area contributed by atoms with Crippen LogP contribution in [0.2, 0.25) is 0 Å². The van der Waals surface area contributed by atoms with Crippen LogP contribution in [0.25, 0.3) is 0 Å². The molecule has 0 bridgehead atoms. The van der Waals surface area contributed by atoms with Crippen LogP contribution in [-0.4, -0.2) is 24.5 Å². The fourth-order valence-electron chi connectivity index (χ4n) is 2.31. The van der Waals surface area contributed by atoms with Crippen LogP contribution in [0.1, 0.15) is 30.7 Å². The molecule has 4 heteroatoms. The smallest absolute Gasteiger partial charge is 0.0575 e. The summed E-state index contributed by atoms with van der Waals surface area (Å²) in [7, 11) is 0. The number of nitrogens with zero attached hydrogens (tertiary/aromatic N) is 1. The van der Waals surface area contributed by atoms with Gasteiger partial charge >= 0.3 is 0 Å². The highest BCUT2D eigenvalue weighted by molar-refractivity contribution is 9.10. The largest absolute Gasteiger partial charge is 0.329 e. The maximum atomic E-state index is 5.94. The number of rotatable bonds is 3. The summed E-state index contributed by atoms with van der Waals surface area (Å²) in [5, 5.41) is 2.13. The van der Waals surface area contributed by atoms with Gasteiger partial charge in [0.2, 0.25) is 0 Å². The average molecular weight is 303 g/mol. The fourth-order valence-corrected chi connectivity index (χ4v) is 4.09. The lowest BCUT2D eigenvalue weighted by molar-refractivity contribution is 0.143. The van der Waals surface area contributed by atoms with Crippen LogP contribution in [0.15, 0.2) is 15.9 Å². The van der Waals surface area contributed by atoms with E-state index < -0.39 is 0 Å². The van der Waals surface area contributed by atoms with Gasteiger partial charge in [0.25, 0.3) is 0 Å². The maximum Gasteiger partial charge on any atom is 0.0575 e. The van der Waals surface area contributed by atoms with Gasteiger partial charge in [-0.15, -0.1) is 11.3 Å². The summed E-state index contributed by atoms with van der Waals surface area (Å²) in [5.74, 6) is 0.876. The van der Waals surface area contributed by atoms with Gasteiger partial charge in [-0.25, -0.2) is 0 Å². The second-order valence-corrected chi connectivity index (χ2v) is 6.40. The van der Waals surface area contributed by atoms with Gasteiger partial charge < -0.3 is 5.73 Å². The highest BCUT2D eigenvalue weighted by Gasteiger charge is 2.25. The molecule has 1 aliphatic rings. The third kappa shape index (κ3) is 2.67. The number of piperidine rings is 1. The Labute approximate surface area is 110 Å². The van der Waals surface area contributed by atoms with Crippen LogP contribution >= 0.6 is 27.3 Å². The highest BCUT2D eigenvalue weighted by Crippen LogP contribution is 2.34. The number of likely N-dealkylation sites (tertiary alicyclic amines) is 1. The Morgan fingerprint density at radius 2 is 2.25 bits per heavy atom. The van der Waals surface area contributed by atoms with E-state index in [1.54, 1.807) is 0 Å². The molecule has 0 amide bonds. The number of nitrogens with two attached hydrogens (primary N) is 1. The molecule has 0 radical (unpaired) electrons. The molecule has 1 aromatic heterocycles.